The fraction of sp³-hybridized carbons (Fsp3) is 0.765. The van der Waals surface area contributed by atoms with Crippen molar-refractivity contribution in [1.29, 1.82) is 0 Å². The predicted octanol–water partition coefficient (Wildman–Crippen LogP) is 4.20. The fourth-order valence-electron chi connectivity index (χ4n) is 4.07. The van der Waals surface area contributed by atoms with E-state index in [0.717, 1.165) is 0 Å². The van der Waals surface area contributed by atoms with E-state index < -0.39 is 0 Å². The van der Waals surface area contributed by atoms with Crippen molar-refractivity contribution in [2.75, 3.05) is 19.6 Å². The number of nitrogens with one attached hydrogen (secondary N) is 1. The molecule has 3 rings (SSSR count). The maximum Gasteiger partial charge on any atom is 0.0442 e. The maximum atomic E-state index is 3.89. The van der Waals surface area contributed by atoms with Crippen molar-refractivity contribution in [3.8, 4) is 0 Å². The van der Waals surface area contributed by atoms with Crippen LogP contribution in [0.15, 0.2) is 17.5 Å². The second-order valence-corrected chi connectivity index (χ2v) is 7.54. The van der Waals surface area contributed by atoms with Gasteiger partial charge in [-0.1, -0.05) is 32.3 Å². The SMILES string of the molecule is CCCC(c1cccs1)N1CCCNC2(CCCC2)C1. The molecule has 1 spiro atoms. The Kier molecular flexibility index (Phi) is 4.79. The normalized spacial score (nSPS) is 24.9. The van der Waals surface area contributed by atoms with Crippen LogP contribution in [0.2, 0.25) is 0 Å². The van der Waals surface area contributed by atoms with E-state index in [4.69, 9.17) is 0 Å². The zero-order chi connectivity index (χ0) is 13.8. The van der Waals surface area contributed by atoms with Crippen molar-refractivity contribution in [3.63, 3.8) is 0 Å². The Labute approximate surface area is 127 Å². The number of hydrogen-bond acceptors (Lipinski definition) is 3. The lowest BCUT2D eigenvalue weighted by Gasteiger charge is -2.37. The second kappa shape index (κ2) is 6.59. The fourth-order valence-corrected chi connectivity index (χ4v) is 4.97. The van der Waals surface area contributed by atoms with Crippen molar-refractivity contribution in [2.45, 2.75) is 63.5 Å². The molecule has 2 aliphatic rings. The minimum absolute atomic E-state index is 0.430. The van der Waals surface area contributed by atoms with E-state index in [1.54, 1.807) is 4.88 Å². The molecule has 0 aromatic carbocycles. The summed E-state index contributed by atoms with van der Waals surface area (Å²) < 4.78 is 0. The first kappa shape index (κ1) is 14.6. The average molecular weight is 292 g/mol. The highest BCUT2D eigenvalue weighted by molar-refractivity contribution is 7.10. The Morgan fingerprint density at radius 3 is 2.90 bits per heavy atom. The highest BCUT2D eigenvalue weighted by Gasteiger charge is 2.38. The van der Waals surface area contributed by atoms with E-state index in [1.165, 1.54) is 64.6 Å². The van der Waals surface area contributed by atoms with Crippen LogP contribution in [0.3, 0.4) is 0 Å². The minimum Gasteiger partial charge on any atom is -0.310 e. The van der Waals surface area contributed by atoms with E-state index in [2.05, 4.69) is 34.7 Å². The standard InChI is InChI=1S/C17H28N2S/c1-2-7-15(16-8-5-13-20-16)19-12-6-11-18-17(14-19)9-3-4-10-17/h5,8,13,15,18H,2-4,6-7,9-12,14H2,1H3. The van der Waals surface area contributed by atoms with E-state index in [1.807, 2.05) is 11.3 Å². The Hall–Kier alpha value is -0.380. The third-order valence-electron chi connectivity index (χ3n) is 5.06. The zero-order valence-electron chi connectivity index (χ0n) is 12.7. The molecule has 1 unspecified atom stereocenters. The van der Waals surface area contributed by atoms with Crippen LogP contribution < -0.4 is 5.32 Å². The van der Waals surface area contributed by atoms with Gasteiger partial charge in [0.15, 0.2) is 0 Å². The van der Waals surface area contributed by atoms with Crippen molar-refractivity contribution >= 4 is 11.3 Å². The predicted molar refractivity (Wildman–Crippen MR) is 87.4 cm³/mol. The van der Waals surface area contributed by atoms with Gasteiger partial charge in [-0.2, -0.15) is 0 Å². The summed E-state index contributed by atoms with van der Waals surface area (Å²) in [5.41, 5.74) is 0.430. The summed E-state index contributed by atoms with van der Waals surface area (Å²) in [6.07, 6.45) is 9.47. The molecule has 2 fully saturated rings. The lowest BCUT2D eigenvalue weighted by molar-refractivity contribution is 0.150. The lowest BCUT2D eigenvalue weighted by Crippen LogP contribution is -2.49. The molecule has 112 valence electrons. The van der Waals surface area contributed by atoms with Crippen LogP contribution in [-0.4, -0.2) is 30.1 Å². The Bertz CT molecular complexity index is 395. The van der Waals surface area contributed by atoms with Crippen LogP contribution in [0.5, 0.6) is 0 Å². The molecule has 0 radical (unpaired) electrons. The molecule has 0 bridgehead atoms. The van der Waals surface area contributed by atoms with Crippen molar-refractivity contribution in [1.82, 2.24) is 10.2 Å². The quantitative estimate of drug-likeness (QED) is 0.895. The third kappa shape index (κ3) is 3.10. The van der Waals surface area contributed by atoms with Crippen molar-refractivity contribution < 1.29 is 0 Å². The van der Waals surface area contributed by atoms with Gasteiger partial charge in [0.1, 0.15) is 0 Å². The molecule has 1 aromatic rings. The Morgan fingerprint density at radius 2 is 2.20 bits per heavy atom. The van der Waals surface area contributed by atoms with Crippen LogP contribution in [0.4, 0.5) is 0 Å². The molecule has 1 aliphatic heterocycles. The smallest absolute Gasteiger partial charge is 0.0442 e. The topological polar surface area (TPSA) is 15.3 Å². The van der Waals surface area contributed by atoms with Gasteiger partial charge in [0, 0.05) is 29.5 Å². The van der Waals surface area contributed by atoms with Crippen LogP contribution in [0, 0.1) is 0 Å². The molecule has 1 saturated carbocycles. The number of thiophene rings is 1. The highest BCUT2D eigenvalue weighted by atomic mass is 32.1. The number of hydrogen-bond donors (Lipinski definition) is 1. The molecule has 2 nitrogen and oxygen atoms in total. The molecule has 1 saturated heterocycles. The summed E-state index contributed by atoms with van der Waals surface area (Å²) in [6.45, 7) is 6.05. The summed E-state index contributed by atoms with van der Waals surface area (Å²) in [5.74, 6) is 0. The van der Waals surface area contributed by atoms with Crippen LogP contribution >= 0.6 is 11.3 Å². The van der Waals surface area contributed by atoms with Gasteiger partial charge in [-0.3, -0.25) is 4.90 Å². The van der Waals surface area contributed by atoms with E-state index in [0.29, 0.717) is 11.6 Å². The summed E-state index contributed by atoms with van der Waals surface area (Å²) in [5, 5.41) is 6.13. The third-order valence-corrected chi connectivity index (χ3v) is 6.04. The van der Waals surface area contributed by atoms with Crippen molar-refractivity contribution in [3.05, 3.63) is 22.4 Å². The minimum atomic E-state index is 0.430. The molecule has 1 aliphatic carbocycles. The van der Waals surface area contributed by atoms with Gasteiger partial charge in [0.2, 0.25) is 0 Å². The number of nitrogens with zero attached hydrogens (tertiary/aromatic N) is 1. The highest BCUT2D eigenvalue weighted by Crippen LogP contribution is 2.36. The maximum absolute atomic E-state index is 3.89. The van der Waals surface area contributed by atoms with Gasteiger partial charge in [-0.15, -0.1) is 11.3 Å². The zero-order valence-corrected chi connectivity index (χ0v) is 13.6. The summed E-state index contributed by atoms with van der Waals surface area (Å²) in [4.78, 5) is 4.36. The van der Waals surface area contributed by atoms with Gasteiger partial charge in [-0.05, 0) is 43.7 Å². The molecule has 20 heavy (non-hydrogen) atoms. The molecule has 0 amide bonds. The summed E-state index contributed by atoms with van der Waals surface area (Å²) in [7, 11) is 0. The Morgan fingerprint density at radius 1 is 1.35 bits per heavy atom. The van der Waals surface area contributed by atoms with Crippen LogP contribution in [-0.2, 0) is 0 Å². The first-order chi connectivity index (χ1) is 9.83. The van der Waals surface area contributed by atoms with E-state index in [-0.39, 0.29) is 0 Å². The lowest BCUT2D eigenvalue weighted by atomic mass is 9.95. The summed E-state index contributed by atoms with van der Waals surface area (Å²) in [6, 6.07) is 5.20. The van der Waals surface area contributed by atoms with Crippen LogP contribution in [0.1, 0.15) is 62.8 Å². The van der Waals surface area contributed by atoms with Gasteiger partial charge >= 0.3 is 0 Å². The summed E-state index contributed by atoms with van der Waals surface area (Å²) >= 11 is 1.94. The molecular formula is C17H28N2S. The van der Waals surface area contributed by atoms with Gasteiger partial charge < -0.3 is 5.32 Å². The van der Waals surface area contributed by atoms with E-state index >= 15 is 0 Å². The average Bonchev–Trinajstić information content (AvgIpc) is 3.07. The van der Waals surface area contributed by atoms with E-state index in [9.17, 15) is 0 Å². The molecule has 1 N–H and O–H groups in total. The van der Waals surface area contributed by atoms with Gasteiger partial charge in [0.25, 0.3) is 0 Å². The molecule has 1 atom stereocenters. The second-order valence-electron chi connectivity index (χ2n) is 6.56. The monoisotopic (exact) mass is 292 g/mol. The molecule has 3 heteroatoms. The first-order valence-corrected chi connectivity index (χ1v) is 9.23. The van der Waals surface area contributed by atoms with Gasteiger partial charge in [0.05, 0.1) is 0 Å². The molecule has 1 aromatic heterocycles. The largest absolute Gasteiger partial charge is 0.310 e. The van der Waals surface area contributed by atoms with Crippen molar-refractivity contribution in [2.24, 2.45) is 0 Å². The molecular weight excluding hydrogens is 264 g/mol. The molecule has 2 heterocycles. The van der Waals surface area contributed by atoms with Crippen LogP contribution in [0.25, 0.3) is 0 Å². The van der Waals surface area contributed by atoms with Gasteiger partial charge in [-0.25, -0.2) is 0 Å². The first-order valence-electron chi connectivity index (χ1n) is 8.35. The number of rotatable bonds is 4. The Balaban J connectivity index is 1.78.